The highest BCUT2D eigenvalue weighted by Crippen LogP contribution is 2.21. The highest BCUT2D eigenvalue weighted by Gasteiger charge is 2.09. The third-order valence-electron chi connectivity index (χ3n) is 2.99. The summed E-state index contributed by atoms with van der Waals surface area (Å²) in [6, 6.07) is 7.08. The monoisotopic (exact) mass is 307 g/mol. The number of amides is 1. The molecule has 1 aromatic heterocycles. The molecule has 0 fully saturated rings. The van der Waals surface area contributed by atoms with Crippen LogP contribution in [0.3, 0.4) is 0 Å². The number of rotatable bonds is 5. The Hall–Kier alpha value is -2.01. The van der Waals surface area contributed by atoms with Crippen molar-refractivity contribution in [2.75, 3.05) is 11.9 Å². The van der Waals surface area contributed by atoms with E-state index in [4.69, 9.17) is 16.3 Å². The summed E-state index contributed by atoms with van der Waals surface area (Å²) in [4.78, 5) is 11.8. The first-order valence-electron chi connectivity index (χ1n) is 6.70. The molecule has 21 heavy (non-hydrogen) atoms. The van der Waals surface area contributed by atoms with E-state index in [1.807, 2.05) is 26.8 Å². The Balaban J connectivity index is 1.88. The van der Waals surface area contributed by atoms with Gasteiger partial charge >= 0.3 is 0 Å². The Labute approximate surface area is 128 Å². The molecule has 112 valence electrons. The molecular formula is C15H18ClN3O2. The van der Waals surface area contributed by atoms with E-state index in [9.17, 15) is 4.79 Å². The van der Waals surface area contributed by atoms with Crippen molar-refractivity contribution in [3.63, 3.8) is 0 Å². The molecule has 0 atom stereocenters. The normalized spacial score (nSPS) is 10.7. The van der Waals surface area contributed by atoms with Crippen LogP contribution in [0.4, 0.5) is 5.82 Å². The first kappa shape index (κ1) is 15.4. The van der Waals surface area contributed by atoms with E-state index in [1.54, 1.807) is 18.2 Å². The molecule has 0 aliphatic heterocycles. The third kappa shape index (κ3) is 4.23. The number of nitrogens with one attached hydrogen (secondary N) is 2. The fraction of sp³-hybridized carbons (Fsp3) is 0.333. The zero-order valence-electron chi connectivity index (χ0n) is 12.2. The number of aromatic amines is 1. The van der Waals surface area contributed by atoms with Crippen molar-refractivity contribution in [3.05, 3.63) is 40.5 Å². The van der Waals surface area contributed by atoms with Gasteiger partial charge in [0.25, 0.3) is 5.91 Å². The minimum atomic E-state index is -0.260. The molecule has 0 saturated carbocycles. The van der Waals surface area contributed by atoms with Crippen molar-refractivity contribution in [2.45, 2.75) is 26.7 Å². The summed E-state index contributed by atoms with van der Waals surface area (Å²) in [5.41, 5.74) is 1.88. The summed E-state index contributed by atoms with van der Waals surface area (Å²) in [5, 5.41) is 10.3. The van der Waals surface area contributed by atoms with Crippen molar-refractivity contribution in [1.82, 2.24) is 10.2 Å². The molecule has 0 saturated heterocycles. The molecule has 2 aromatic rings. The average molecular weight is 308 g/mol. The number of aromatic nitrogens is 2. The van der Waals surface area contributed by atoms with E-state index in [-0.39, 0.29) is 12.5 Å². The van der Waals surface area contributed by atoms with Crippen LogP contribution in [0.25, 0.3) is 0 Å². The number of carbonyl (C=O) groups is 1. The van der Waals surface area contributed by atoms with Crippen LogP contribution in [-0.2, 0) is 4.79 Å². The zero-order chi connectivity index (χ0) is 15.4. The second-order valence-electron chi connectivity index (χ2n) is 5.11. The van der Waals surface area contributed by atoms with Gasteiger partial charge in [0, 0.05) is 16.8 Å². The maximum absolute atomic E-state index is 11.8. The smallest absolute Gasteiger partial charge is 0.263 e. The van der Waals surface area contributed by atoms with E-state index >= 15 is 0 Å². The van der Waals surface area contributed by atoms with Gasteiger partial charge in [-0.2, -0.15) is 5.10 Å². The fourth-order valence-corrected chi connectivity index (χ4v) is 1.85. The number of hydrogen-bond donors (Lipinski definition) is 2. The lowest BCUT2D eigenvalue weighted by Crippen LogP contribution is -2.20. The molecule has 1 heterocycles. The molecule has 6 heteroatoms. The lowest BCUT2D eigenvalue weighted by Gasteiger charge is -2.07. The standard InChI is InChI=1S/C15H18ClN3O2/c1-9(2)13-7-14(19-18-13)17-15(20)8-21-11-4-5-12(16)10(3)6-11/h4-7,9H,8H2,1-3H3,(H2,17,18,19,20). The second kappa shape index (κ2) is 6.63. The van der Waals surface area contributed by atoms with Crippen LogP contribution >= 0.6 is 11.6 Å². The summed E-state index contributed by atoms with van der Waals surface area (Å²) in [6.07, 6.45) is 0. The first-order chi connectivity index (χ1) is 9.95. The van der Waals surface area contributed by atoms with E-state index < -0.39 is 0 Å². The molecule has 1 aromatic carbocycles. The van der Waals surface area contributed by atoms with Crippen LogP contribution in [0, 0.1) is 6.92 Å². The van der Waals surface area contributed by atoms with Gasteiger partial charge in [-0.15, -0.1) is 0 Å². The molecule has 1 amide bonds. The lowest BCUT2D eigenvalue weighted by atomic mass is 10.1. The van der Waals surface area contributed by atoms with Crippen LogP contribution in [0.5, 0.6) is 5.75 Å². The van der Waals surface area contributed by atoms with Gasteiger partial charge in [0.1, 0.15) is 5.75 Å². The SMILES string of the molecule is Cc1cc(OCC(=O)Nc2cc(C(C)C)[nH]n2)ccc1Cl. The molecule has 2 N–H and O–H groups in total. The zero-order valence-corrected chi connectivity index (χ0v) is 13.0. The van der Waals surface area contributed by atoms with Gasteiger partial charge in [-0.05, 0) is 36.6 Å². The van der Waals surface area contributed by atoms with Crippen LogP contribution in [0.1, 0.15) is 31.0 Å². The summed E-state index contributed by atoms with van der Waals surface area (Å²) >= 11 is 5.93. The highest BCUT2D eigenvalue weighted by molar-refractivity contribution is 6.31. The molecular weight excluding hydrogens is 290 g/mol. The van der Waals surface area contributed by atoms with Crippen molar-refractivity contribution >= 4 is 23.3 Å². The van der Waals surface area contributed by atoms with Gasteiger partial charge in [0.15, 0.2) is 12.4 Å². The molecule has 0 aliphatic carbocycles. The van der Waals surface area contributed by atoms with Crippen molar-refractivity contribution in [3.8, 4) is 5.75 Å². The van der Waals surface area contributed by atoms with Gasteiger partial charge in [0.05, 0.1) is 0 Å². The van der Waals surface area contributed by atoms with E-state index in [0.29, 0.717) is 22.5 Å². The lowest BCUT2D eigenvalue weighted by molar-refractivity contribution is -0.118. The van der Waals surface area contributed by atoms with Gasteiger partial charge in [-0.3, -0.25) is 9.89 Å². The minimum Gasteiger partial charge on any atom is -0.484 e. The van der Waals surface area contributed by atoms with Gasteiger partial charge in [-0.25, -0.2) is 0 Å². The number of H-pyrrole nitrogens is 1. The Morgan fingerprint density at radius 2 is 2.19 bits per heavy atom. The predicted molar refractivity (Wildman–Crippen MR) is 83.0 cm³/mol. The molecule has 2 rings (SSSR count). The number of benzene rings is 1. The summed E-state index contributed by atoms with van der Waals surface area (Å²) in [7, 11) is 0. The Morgan fingerprint density at radius 3 is 2.81 bits per heavy atom. The van der Waals surface area contributed by atoms with Gasteiger partial charge < -0.3 is 10.1 Å². The number of nitrogens with zero attached hydrogens (tertiary/aromatic N) is 1. The number of halogens is 1. The van der Waals surface area contributed by atoms with Crippen molar-refractivity contribution in [1.29, 1.82) is 0 Å². The molecule has 0 spiro atoms. The summed E-state index contributed by atoms with van der Waals surface area (Å²) in [5.74, 6) is 1.18. The summed E-state index contributed by atoms with van der Waals surface area (Å²) in [6.45, 7) is 5.90. The minimum absolute atomic E-state index is 0.0784. The van der Waals surface area contributed by atoms with Crippen molar-refractivity contribution < 1.29 is 9.53 Å². The third-order valence-corrected chi connectivity index (χ3v) is 3.41. The number of anilines is 1. The fourth-order valence-electron chi connectivity index (χ4n) is 1.73. The number of aryl methyl sites for hydroxylation is 1. The molecule has 0 bridgehead atoms. The van der Waals surface area contributed by atoms with Crippen LogP contribution in [-0.4, -0.2) is 22.7 Å². The van der Waals surface area contributed by atoms with Crippen LogP contribution < -0.4 is 10.1 Å². The quantitative estimate of drug-likeness (QED) is 0.888. The van der Waals surface area contributed by atoms with Crippen LogP contribution in [0.15, 0.2) is 24.3 Å². The number of hydrogen-bond acceptors (Lipinski definition) is 3. The molecule has 0 aliphatic rings. The maximum Gasteiger partial charge on any atom is 0.263 e. The van der Waals surface area contributed by atoms with E-state index in [0.717, 1.165) is 11.3 Å². The van der Waals surface area contributed by atoms with Gasteiger partial charge in [-0.1, -0.05) is 25.4 Å². The van der Waals surface area contributed by atoms with E-state index in [2.05, 4.69) is 15.5 Å². The number of carbonyl (C=O) groups excluding carboxylic acids is 1. The summed E-state index contributed by atoms with van der Waals surface area (Å²) < 4.78 is 5.42. The van der Waals surface area contributed by atoms with E-state index in [1.165, 1.54) is 0 Å². The predicted octanol–water partition coefficient (Wildman–Crippen LogP) is 3.51. The van der Waals surface area contributed by atoms with Gasteiger partial charge in [0.2, 0.25) is 0 Å². The number of ether oxygens (including phenoxy) is 1. The topological polar surface area (TPSA) is 67.0 Å². The average Bonchev–Trinajstić information content (AvgIpc) is 2.89. The second-order valence-corrected chi connectivity index (χ2v) is 5.52. The Morgan fingerprint density at radius 1 is 1.43 bits per heavy atom. The Kier molecular flexibility index (Phi) is 4.85. The molecule has 5 nitrogen and oxygen atoms in total. The van der Waals surface area contributed by atoms with Crippen LogP contribution in [0.2, 0.25) is 5.02 Å². The Bertz CT molecular complexity index is 638. The molecule has 0 unspecified atom stereocenters. The maximum atomic E-state index is 11.8. The largest absolute Gasteiger partial charge is 0.484 e. The molecule has 0 radical (unpaired) electrons. The van der Waals surface area contributed by atoms with Crippen molar-refractivity contribution in [2.24, 2.45) is 0 Å². The highest BCUT2D eigenvalue weighted by atomic mass is 35.5. The first-order valence-corrected chi connectivity index (χ1v) is 7.07.